The minimum absolute atomic E-state index is 0.0535. The van der Waals surface area contributed by atoms with Gasteiger partial charge in [0.05, 0.1) is 6.04 Å². The van der Waals surface area contributed by atoms with Crippen molar-refractivity contribution in [1.29, 1.82) is 0 Å². The van der Waals surface area contributed by atoms with E-state index in [9.17, 15) is 4.79 Å². The molecule has 0 spiro atoms. The van der Waals surface area contributed by atoms with Crippen molar-refractivity contribution in [1.82, 2.24) is 10.2 Å². The van der Waals surface area contributed by atoms with Crippen LogP contribution in [0.1, 0.15) is 18.0 Å². The summed E-state index contributed by atoms with van der Waals surface area (Å²) in [6.07, 6.45) is 0.511. The lowest BCUT2D eigenvalue weighted by atomic mass is 10.1. The van der Waals surface area contributed by atoms with Crippen molar-refractivity contribution in [3.63, 3.8) is 0 Å². The highest BCUT2D eigenvalue weighted by atomic mass is 79.9. The van der Waals surface area contributed by atoms with Crippen LogP contribution in [-0.2, 0) is 4.79 Å². The minimum atomic E-state index is 0.0535. The number of likely N-dealkylation sites (N-methyl/N-ethyl adjacent to an activating group) is 1. The fourth-order valence-corrected chi connectivity index (χ4v) is 2.00. The van der Waals surface area contributed by atoms with Crippen LogP contribution in [0.2, 0.25) is 0 Å². The molecular formula is C13H19BrN2O. The second-order valence-corrected chi connectivity index (χ2v) is 5.03. The highest BCUT2D eigenvalue weighted by Gasteiger charge is 2.14. The number of carbonyl (C=O) groups excluding carboxylic acids is 1. The van der Waals surface area contributed by atoms with Gasteiger partial charge in [-0.1, -0.05) is 46.3 Å². The van der Waals surface area contributed by atoms with Gasteiger partial charge in [-0.05, 0) is 19.7 Å². The molecule has 3 nitrogen and oxygen atoms in total. The summed E-state index contributed by atoms with van der Waals surface area (Å²) in [4.78, 5) is 13.7. The zero-order chi connectivity index (χ0) is 12.7. The molecule has 0 fully saturated rings. The molecule has 1 atom stereocenters. The molecule has 0 bridgehead atoms. The first-order valence-electron chi connectivity index (χ1n) is 5.68. The molecule has 1 aromatic carbocycles. The average Bonchev–Trinajstić information content (AvgIpc) is 2.29. The molecule has 1 aromatic rings. The Morgan fingerprint density at radius 2 is 2.00 bits per heavy atom. The third-order valence-corrected chi connectivity index (χ3v) is 2.80. The quantitative estimate of drug-likeness (QED) is 0.817. The van der Waals surface area contributed by atoms with Crippen LogP contribution in [-0.4, -0.2) is 36.8 Å². The number of benzene rings is 1. The monoisotopic (exact) mass is 298 g/mol. The number of hydrogen-bond donors (Lipinski definition) is 1. The second-order valence-electron chi connectivity index (χ2n) is 4.23. The standard InChI is InChI=1S/C13H19BrN2O/c1-16(2)10-12(15-13(17)8-9-14)11-6-4-3-5-7-11/h3-7,12H,8-10H2,1-2H3,(H,15,17). The highest BCUT2D eigenvalue weighted by Crippen LogP contribution is 2.13. The highest BCUT2D eigenvalue weighted by molar-refractivity contribution is 9.09. The molecule has 1 unspecified atom stereocenters. The predicted octanol–water partition coefficient (Wildman–Crippen LogP) is 2.19. The van der Waals surface area contributed by atoms with E-state index in [1.165, 1.54) is 0 Å². The fraction of sp³-hybridized carbons (Fsp3) is 0.462. The van der Waals surface area contributed by atoms with Crippen LogP contribution in [0.3, 0.4) is 0 Å². The molecule has 0 saturated carbocycles. The van der Waals surface area contributed by atoms with Crippen LogP contribution in [0.15, 0.2) is 30.3 Å². The second kappa shape index (κ2) is 7.45. The van der Waals surface area contributed by atoms with Gasteiger partial charge in [-0.3, -0.25) is 4.79 Å². The van der Waals surface area contributed by atoms with Gasteiger partial charge in [-0.15, -0.1) is 0 Å². The molecule has 0 aliphatic heterocycles. The number of hydrogen-bond acceptors (Lipinski definition) is 2. The maximum atomic E-state index is 11.6. The van der Waals surface area contributed by atoms with Gasteiger partial charge in [0.1, 0.15) is 0 Å². The van der Waals surface area contributed by atoms with E-state index in [0.717, 1.165) is 12.1 Å². The Balaban J connectivity index is 2.70. The van der Waals surface area contributed by atoms with Gasteiger partial charge >= 0.3 is 0 Å². The number of halogens is 1. The van der Waals surface area contributed by atoms with Crippen molar-refractivity contribution in [2.75, 3.05) is 26.0 Å². The Morgan fingerprint density at radius 3 is 2.53 bits per heavy atom. The van der Waals surface area contributed by atoms with Crippen molar-refractivity contribution in [3.8, 4) is 0 Å². The molecule has 17 heavy (non-hydrogen) atoms. The van der Waals surface area contributed by atoms with Gasteiger partial charge in [0.2, 0.25) is 5.91 Å². The summed E-state index contributed by atoms with van der Waals surface area (Å²) in [5.74, 6) is 0.0811. The smallest absolute Gasteiger partial charge is 0.221 e. The Morgan fingerprint density at radius 1 is 1.35 bits per heavy atom. The van der Waals surface area contributed by atoms with E-state index < -0.39 is 0 Å². The number of nitrogens with zero attached hydrogens (tertiary/aromatic N) is 1. The summed E-state index contributed by atoms with van der Waals surface area (Å²) < 4.78 is 0. The summed E-state index contributed by atoms with van der Waals surface area (Å²) in [7, 11) is 4.01. The summed E-state index contributed by atoms with van der Waals surface area (Å²) in [6, 6.07) is 10.1. The number of amides is 1. The van der Waals surface area contributed by atoms with Crippen LogP contribution >= 0.6 is 15.9 Å². The van der Waals surface area contributed by atoms with Gasteiger partial charge in [-0.25, -0.2) is 0 Å². The van der Waals surface area contributed by atoms with Gasteiger partial charge < -0.3 is 10.2 Å². The molecule has 1 N–H and O–H groups in total. The molecular weight excluding hydrogens is 280 g/mol. The van der Waals surface area contributed by atoms with Gasteiger partial charge in [0, 0.05) is 18.3 Å². The minimum Gasteiger partial charge on any atom is -0.348 e. The lowest BCUT2D eigenvalue weighted by molar-refractivity contribution is -0.121. The van der Waals surface area contributed by atoms with Crippen LogP contribution in [0.5, 0.6) is 0 Å². The summed E-state index contributed by atoms with van der Waals surface area (Å²) in [6.45, 7) is 0.804. The first-order chi connectivity index (χ1) is 8.13. The Kier molecular flexibility index (Phi) is 6.22. The molecule has 0 aliphatic carbocycles. The first-order valence-corrected chi connectivity index (χ1v) is 6.80. The summed E-state index contributed by atoms with van der Waals surface area (Å²) in [5, 5.41) is 3.75. The molecule has 0 radical (unpaired) electrons. The number of rotatable bonds is 6. The van der Waals surface area contributed by atoms with Crippen molar-refractivity contribution in [2.45, 2.75) is 12.5 Å². The molecule has 94 valence electrons. The lowest BCUT2D eigenvalue weighted by Crippen LogP contribution is -2.35. The van der Waals surface area contributed by atoms with Crippen molar-refractivity contribution in [3.05, 3.63) is 35.9 Å². The lowest BCUT2D eigenvalue weighted by Gasteiger charge is -2.22. The topological polar surface area (TPSA) is 32.3 Å². The molecule has 0 aromatic heterocycles. The number of alkyl halides is 1. The third-order valence-electron chi connectivity index (χ3n) is 2.41. The number of nitrogens with one attached hydrogen (secondary N) is 1. The van der Waals surface area contributed by atoms with E-state index in [1.807, 2.05) is 44.4 Å². The Hall–Kier alpha value is -0.870. The van der Waals surface area contributed by atoms with E-state index in [0.29, 0.717) is 11.8 Å². The number of carbonyl (C=O) groups is 1. The van der Waals surface area contributed by atoms with Gasteiger partial charge in [-0.2, -0.15) is 0 Å². The van der Waals surface area contributed by atoms with E-state index in [-0.39, 0.29) is 11.9 Å². The summed E-state index contributed by atoms with van der Waals surface area (Å²) >= 11 is 3.28. The molecule has 4 heteroatoms. The van der Waals surface area contributed by atoms with Crippen molar-refractivity contribution in [2.24, 2.45) is 0 Å². The van der Waals surface area contributed by atoms with Gasteiger partial charge in [0.15, 0.2) is 0 Å². The normalized spacial score (nSPS) is 12.5. The molecule has 0 heterocycles. The van der Waals surface area contributed by atoms with Crippen LogP contribution in [0.25, 0.3) is 0 Å². The predicted molar refractivity (Wildman–Crippen MR) is 74.3 cm³/mol. The van der Waals surface area contributed by atoms with Crippen molar-refractivity contribution < 1.29 is 4.79 Å². The molecule has 0 aliphatic rings. The van der Waals surface area contributed by atoms with Crippen LogP contribution < -0.4 is 5.32 Å². The largest absolute Gasteiger partial charge is 0.348 e. The van der Waals surface area contributed by atoms with E-state index in [4.69, 9.17) is 0 Å². The Bertz CT molecular complexity index is 341. The van der Waals surface area contributed by atoms with E-state index in [2.05, 4.69) is 26.1 Å². The van der Waals surface area contributed by atoms with E-state index in [1.54, 1.807) is 0 Å². The fourth-order valence-electron chi connectivity index (χ4n) is 1.64. The zero-order valence-corrected chi connectivity index (χ0v) is 11.9. The van der Waals surface area contributed by atoms with Crippen LogP contribution in [0, 0.1) is 0 Å². The maximum Gasteiger partial charge on any atom is 0.221 e. The molecule has 0 saturated heterocycles. The first kappa shape index (κ1) is 14.2. The SMILES string of the molecule is CN(C)CC(NC(=O)CCBr)c1ccccc1. The van der Waals surface area contributed by atoms with Gasteiger partial charge in [0.25, 0.3) is 0 Å². The molecule has 1 rings (SSSR count). The molecule has 1 amide bonds. The Labute approximate surface area is 111 Å². The summed E-state index contributed by atoms with van der Waals surface area (Å²) in [5.41, 5.74) is 1.14. The third kappa shape index (κ3) is 5.33. The zero-order valence-electron chi connectivity index (χ0n) is 10.3. The van der Waals surface area contributed by atoms with Crippen molar-refractivity contribution >= 4 is 21.8 Å². The maximum absolute atomic E-state index is 11.6. The van der Waals surface area contributed by atoms with Crippen LogP contribution in [0.4, 0.5) is 0 Å². The average molecular weight is 299 g/mol. The van der Waals surface area contributed by atoms with E-state index >= 15 is 0 Å².